The fourth-order valence-electron chi connectivity index (χ4n) is 3.09. The molecule has 0 aliphatic carbocycles. The molecule has 0 aromatic heterocycles. The molecule has 0 spiro atoms. The number of benzene rings is 3. The lowest BCUT2D eigenvalue weighted by molar-refractivity contribution is -0.116. The third-order valence-electron chi connectivity index (χ3n) is 4.31. The highest BCUT2D eigenvalue weighted by Crippen LogP contribution is 2.39. The van der Waals surface area contributed by atoms with Crippen LogP contribution in [0.5, 0.6) is 11.5 Å². The topological polar surface area (TPSA) is 69.6 Å². The summed E-state index contributed by atoms with van der Waals surface area (Å²) in [6, 6.07) is 19.5. The van der Waals surface area contributed by atoms with Crippen LogP contribution in [-0.2, 0) is 4.79 Å². The summed E-state index contributed by atoms with van der Waals surface area (Å²) in [5, 5.41) is 21.8. The highest BCUT2D eigenvalue weighted by atomic mass is 16.3. The normalized spacial score (nSPS) is 15.8. The minimum absolute atomic E-state index is 0.0708. The van der Waals surface area contributed by atoms with Crippen LogP contribution in [-0.4, -0.2) is 16.1 Å². The van der Waals surface area contributed by atoms with E-state index in [4.69, 9.17) is 0 Å². The van der Waals surface area contributed by atoms with E-state index in [1.165, 1.54) is 0 Å². The SMILES string of the molecule is O=C1Nc2ccc(-c3ccc(O)cc3)cc2C1c1ccc(O)cc1. The summed E-state index contributed by atoms with van der Waals surface area (Å²) >= 11 is 0. The Morgan fingerprint density at radius 2 is 1.33 bits per heavy atom. The van der Waals surface area contributed by atoms with Crippen LogP contribution in [0.15, 0.2) is 66.7 Å². The van der Waals surface area contributed by atoms with Gasteiger partial charge < -0.3 is 15.5 Å². The third kappa shape index (κ3) is 2.38. The van der Waals surface area contributed by atoms with E-state index in [1.807, 2.05) is 30.3 Å². The smallest absolute Gasteiger partial charge is 0.236 e. The van der Waals surface area contributed by atoms with Gasteiger partial charge in [-0.05, 0) is 58.7 Å². The summed E-state index contributed by atoms with van der Waals surface area (Å²) in [7, 11) is 0. The Bertz CT molecular complexity index is 915. The summed E-state index contributed by atoms with van der Waals surface area (Å²) in [5.41, 5.74) is 4.51. The monoisotopic (exact) mass is 317 g/mol. The average molecular weight is 317 g/mol. The van der Waals surface area contributed by atoms with Gasteiger partial charge in [-0.3, -0.25) is 4.79 Å². The lowest BCUT2D eigenvalue weighted by atomic mass is 9.90. The molecular weight excluding hydrogens is 302 g/mol. The van der Waals surface area contributed by atoms with Crippen LogP contribution in [0.2, 0.25) is 0 Å². The van der Waals surface area contributed by atoms with Gasteiger partial charge in [0.05, 0.1) is 5.92 Å². The highest BCUT2D eigenvalue weighted by molar-refractivity contribution is 6.05. The molecular formula is C20H15NO3. The van der Waals surface area contributed by atoms with E-state index in [9.17, 15) is 15.0 Å². The van der Waals surface area contributed by atoms with Gasteiger partial charge in [0.25, 0.3) is 0 Å². The number of hydrogen-bond donors (Lipinski definition) is 3. The number of amides is 1. The minimum atomic E-state index is -0.391. The zero-order valence-corrected chi connectivity index (χ0v) is 12.7. The molecule has 4 rings (SSSR count). The molecule has 0 saturated heterocycles. The summed E-state index contributed by atoms with van der Waals surface area (Å²) < 4.78 is 0. The predicted octanol–water partition coefficient (Wildman–Crippen LogP) is 3.85. The molecule has 1 amide bonds. The van der Waals surface area contributed by atoms with E-state index >= 15 is 0 Å². The molecule has 3 aromatic rings. The number of rotatable bonds is 2. The first kappa shape index (κ1) is 14.3. The van der Waals surface area contributed by atoms with Gasteiger partial charge in [-0.15, -0.1) is 0 Å². The molecule has 1 atom stereocenters. The summed E-state index contributed by atoms with van der Waals surface area (Å²) in [6.45, 7) is 0. The van der Waals surface area contributed by atoms with Gasteiger partial charge in [-0.2, -0.15) is 0 Å². The molecule has 1 unspecified atom stereocenters. The maximum atomic E-state index is 12.4. The van der Waals surface area contributed by atoms with E-state index < -0.39 is 5.92 Å². The Balaban J connectivity index is 1.79. The molecule has 1 aliphatic heterocycles. The molecule has 3 N–H and O–H groups in total. The van der Waals surface area contributed by atoms with Crippen molar-refractivity contribution >= 4 is 11.6 Å². The molecule has 0 bridgehead atoms. The van der Waals surface area contributed by atoms with Crippen LogP contribution in [0.4, 0.5) is 5.69 Å². The zero-order valence-electron chi connectivity index (χ0n) is 12.7. The van der Waals surface area contributed by atoms with Crippen LogP contribution >= 0.6 is 0 Å². The molecule has 0 radical (unpaired) electrons. The molecule has 0 saturated carbocycles. The molecule has 1 heterocycles. The minimum Gasteiger partial charge on any atom is -0.508 e. The second-order valence-electron chi connectivity index (χ2n) is 5.86. The number of fused-ring (bicyclic) bond motifs is 1. The van der Waals surface area contributed by atoms with Crippen LogP contribution in [0.1, 0.15) is 17.0 Å². The second kappa shape index (κ2) is 5.42. The standard InChI is InChI=1S/C20H15NO3/c22-15-6-1-12(2-7-15)14-5-10-18-17(11-14)19(20(24)21-18)13-3-8-16(23)9-4-13/h1-11,19,22-23H,(H,21,24). The number of carbonyl (C=O) groups is 1. The van der Waals surface area contributed by atoms with Crippen LogP contribution in [0, 0.1) is 0 Å². The lowest BCUT2D eigenvalue weighted by Gasteiger charge is -2.11. The van der Waals surface area contributed by atoms with Crippen molar-refractivity contribution in [3.63, 3.8) is 0 Å². The quantitative estimate of drug-likeness (QED) is 0.672. The molecule has 0 fully saturated rings. The van der Waals surface area contributed by atoms with Crippen molar-refractivity contribution in [2.24, 2.45) is 0 Å². The van der Waals surface area contributed by atoms with Crippen molar-refractivity contribution in [2.75, 3.05) is 5.32 Å². The number of aromatic hydroxyl groups is 2. The van der Waals surface area contributed by atoms with Gasteiger partial charge in [0.1, 0.15) is 11.5 Å². The second-order valence-corrected chi connectivity index (χ2v) is 5.86. The van der Waals surface area contributed by atoms with Crippen LogP contribution in [0.3, 0.4) is 0 Å². The maximum absolute atomic E-state index is 12.4. The lowest BCUT2D eigenvalue weighted by Crippen LogP contribution is -2.12. The van der Waals surface area contributed by atoms with Gasteiger partial charge in [0.2, 0.25) is 5.91 Å². The first-order valence-corrected chi connectivity index (χ1v) is 7.65. The number of anilines is 1. The zero-order chi connectivity index (χ0) is 16.7. The molecule has 24 heavy (non-hydrogen) atoms. The largest absolute Gasteiger partial charge is 0.508 e. The van der Waals surface area contributed by atoms with Crippen LogP contribution < -0.4 is 5.32 Å². The fraction of sp³-hybridized carbons (Fsp3) is 0.0500. The predicted molar refractivity (Wildman–Crippen MR) is 92.1 cm³/mol. The molecule has 4 heteroatoms. The maximum Gasteiger partial charge on any atom is 0.236 e. The summed E-state index contributed by atoms with van der Waals surface area (Å²) in [4.78, 5) is 12.4. The Morgan fingerprint density at radius 3 is 2.00 bits per heavy atom. The molecule has 118 valence electrons. The van der Waals surface area contributed by atoms with Crippen molar-refractivity contribution in [3.8, 4) is 22.6 Å². The van der Waals surface area contributed by atoms with Crippen molar-refractivity contribution < 1.29 is 15.0 Å². The molecule has 3 aromatic carbocycles. The number of carbonyl (C=O) groups excluding carboxylic acids is 1. The van der Waals surface area contributed by atoms with E-state index in [2.05, 4.69) is 5.32 Å². The number of phenolic OH excluding ortho intramolecular Hbond substituents is 2. The number of hydrogen-bond acceptors (Lipinski definition) is 3. The van der Waals surface area contributed by atoms with E-state index in [0.29, 0.717) is 0 Å². The van der Waals surface area contributed by atoms with Gasteiger partial charge >= 0.3 is 0 Å². The third-order valence-corrected chi connectivity index (χ3v) is 4.31. The van der Waals surface area contributed by atoms with Crippen molar-refractivity contribution in [1.29, 1.82) is 0 Å². The molecule has 1 aliphatic rings. The van der Waals surface area contributed by atoms with Gasteiger partial charge in [-0.1, -0.05) is 30.3 Å². The van der Waals surface area contributed by atoms with Crippen LogP contribution in [0.25, 0.3) is 11.1 Å². The summed E-state index contributed by atoms with van der Waals surface area (Å²) in [5.74, 6) is -0.0647. The first-order valence-electron chi connectivity index (χ1n) is 7.65. The fourth-order valence-corrected chi connectivity index (χ4v) is 3.09. The average Bonchev–Trinajstić information content (AvgIpc) is 2.91. The van der Waals surface area contributed by atoms with Gasteiger partial charge in [-0.25, -0.2) is 0 Å². The van der Waals surface area contributed by atoms with E-state index in [-0.39, 0.29) is 17.4 Å². The summed E-state index contributed by atoms with van der Waals surface area (Å²) in [6.07, 6.45) is 0. The number of phenols is 2. The van der Waals surface area contributed by atoms with E-state index in [0.717, 1.165) is 27.9 Å². The number of nitrogens with one attached hydrogen (secondary N) is 1. The molecule has 4 nitrogen and oxygen atoms in total. The Labute approximate surface area is 139 Å². The first-order chi connectivity index (χ1) is 11.6. The Morgan fingerprint density at radius 1 is 0.750 bits per heavy atom. The highest BCUT2D eigenvalue weighted by Gasteiger charge is 2.32. The van der Waals surface area contributed by atoms with Crippen molar-refractivity contribution in [1.82, 2.24) is 0 Å². The Kier molecular flexibility index (Phi) is 3.24. The van der Waals surface area contributed by atoms with Crippen molar-refractivity contribution in [3.05, 3.63) is 77.9 Å². The van der Waals surface area contributed by atoms with Gasteiger partial charge in [0.15, 0.2) is 0 Å². The van der Waals surface area contributed by atoms with Crippen molar-refractivity contribution in [2.45, 2.75) is 5.92 Å². The van der Waals surface area contributed by atoms with Gasteiger partial charge in [0, 0.05) is 5.69 Å². The Hall–Kier alpha value is -3.27. The van der Waals surface area contributed by atoms with E-state index in [1.54, 1.807) is 36.4 Å².